The molecule has 24 heavy (non-hydrogen) atoms. The Balaban J connectivity index is 1.34. The SMILES string of the molecule is CC(NC(=O)COc1cccc(Br)c1)C12CC3CC(CC(C3)C1)C2. The molecule has 5 rings (SSSR count). The Bertz CT molecular complexity index is 595. The molecular formula is C20H26BrNO2. The second-order valence-corrected chi connectivity index (χ2v) is 9.23. The van der Waals surface area contributed by atoms with Crippen LogP contribution in [0.25, 0.3) is 0 Å². The quantitative estimate of drug-likeness (QED) is 0.799. The standard InChI is InChI=1S/C20H26BrNO2/c1-13(20-9-14-5-15(10-20)7-16(6-14)11-20)22-19(23)12-24-18-4-2-3-17(21)8-18/h2-4,8,13-16H,5-7,9-12H2,1H3,(H,22,23). The van der Waals surface area contributed by atoms with E-state index in [9.17, 15) is 4.79 Å². The Morgan fingerprint density at radius 2 is 1.88 bits per heavy atom. The molecule has 4 aliphatic rings. The molecule has 0 aromatic heterocycles. The van der Waals surface area contributed by atoms with Gasteiger partial charge in [-0.25, -0.2) is 0 Å². The van der Waals surface area contributed by atoms with E-state index in [0.29, 0.717) is 5.41 Å². The van der Waals surface area contributed by atoms with Gasteiger partial charge in [-0.1, -0.05) is 22.0 Å². The Kier molecular flexibility index (Phi) is 4.36. The van der Waals surface area contributed by atoms with Crippen molar-refractivity contribution in [2.75, 3.05) is 6.61 Å². The van der Waals surface area contributed by atoms with Gasteiger partial charge in [-0.3, -0.25) is 4.79 Å². The van der Waals surface area contributed by atoms with Gasteiger partial charge in [-0.05, 0) is 86.8 Å². The fourth-order valence-corrected chi connectivity index (χ4v) is 6.23. The number of carbonyl (C=O) groups is 1. The fourth-order valence-electron chi connectivity index (χ4n) is 5.85. The van der Waals surface area contributed by atoms with Crippen molar-refractivity contribution in [3.8, 4) is 5.75 Å². The van der Waals surface area contributed by atoms with Crippen LogP contribution in [-0.2, 0) is 4.79 Å². The number of halogens is 1. The van der Waals surface area contributed by atoms with Gasteiger partial charge in [-0.15, -0.1) is 0 Å². The number of hydrogen-bond acceptors (Lipinski definition) is 2. The molecule has 130 valence electrons. The second-order valence-electron chi connectivity index (χ2n) is 8.32. The van der Waals surface area contributed by atoms with Crippen LogP contribution in [0.3, 0.4) is 0 Å². The van der Waals surface area contributed by atoms with Crippen molar-refractivity contribution in [2.24, 2.45) is 23.2 Å². The number of ether oxygens (including phenoxy) is 1. The van der Waals surface area contributed by atoms with Gasteiger partial charge < -0.3 is 10.1 Å². The van der Waals surface area contributed by atoms with Gasteiger partial charge in [0.1, 0.15) is 5.75 Å². The van der Waals surface area contributed by atoms with Crippen LogP contribution < -0.4 is 10.1 Å². The third-order valence-corrected chi connectivity index (χ3v) is 7.04. The smallest absolute Gasteiger partial charge is 0.258 e. The maximum atomic E-state index is 12.4. The van der Waals surface area contributed by atoms with E-state index in [4.69, 9.17) is 4.74 Å². The van der Waals surface area contributed by atoms with Crippen LogP contribution in [0.4, 0.5) is 0 Å². The summed E-state index contributed by atoms with van der Waals surface area (Å²) in [7, 11) is 0. The minimum Gasteiger partial charge on any atom is -0.484 e. The molecule has 1 unspecified atom stereocenters. The number of carbonyl (C=O) groups excluding carboxylic acids is 1. The van der Waals surface area contributed by atoms with Gasteiger partial charge in [0.15, 0.2) is 6.61 Å². The highest BCUT2D eigenvalue weighted by Gasteiger charge is 2.53. The molecule has 1 aromatic rings. The van der Waals surface area contributed by atoms with E-state index in [1.54, 1.807) is 0 Å². The molecular weight excluding hydrogens is 366 g/mol. The van der Waals surface area contributed by atoms with E-state index in [-0.39, 0.29) is 18.6 Å². The van der Waals surface area contributed by atoms with Crippen LogP contribution in [0.5, 0.6) is 5.75 Å². The lowest BCUT2D eigenvalue weighted by Gasteiger charge is -2.59. The van der Waals surface area contributed by atoms with Gasteiger partial charge in [0.2, 0.25) is 0 Å². The Labute approximate surface area is 152 Å². The van der Waals surface area contributed by atoms with E-state index in [1.807, 2.05) is 24.3 Å². The highest BCUT2D eigenvalue weighted by atomic mass is 79.9. The molecule has 1 aromatic carbocycles. The summed E-state index contributed by atoms with van der Waals surface area (Å²) in [6, 6.07) is 7.87. The van der Waals surface area contributed by atoms with E-state index in [1.165, 1.54) is 38.5 Å². The Morgan fingerprint density at radius 1 is 1.25 bits per heavy atom. The summed E-state index contributed by atoms with van der Waals surface area (Å²) in [6.45, 7) is 2.30. The third-order valence-electron chi connectivity index (χ3n) is 6.55. The van der Waals surface area contributed by atoms with Crippen molar-refractivity contribution < 1.29 is 9.53 Å². The van der Waals surface area contributed by atoms with Crippen molar-refractivity contribution in [3.63, 3.8) is 0 Å². The molecule has 4 heteroatoms. The fraction of sp³-hybridized carbons (Fsp3) is 0.650. The maximum Gasteiger partial charge on any atom is 0.258 e. The third kappa shape index (κ3) is 3.22. The Morgan fingerprint density at radius 3 is 2.46 bits per heavy atom. The normalized spacial score (nSPS) is 34.8. The Hall–Kier alpha value is -1.03. The topological polar surface area (TPSA) is 38.3 Å². The minimum absolute atomic E-state index is 0.00165. The number of benzene rings is 1. The molecule has 4 bridgehead atoms. The van der Waals surface area contributed by atoms with E-state index < -0.39 is 0 Å². The zero-order valence-corrected chi connectivity index (χ0v) is 15.8. The summed E-state index contributed by atoms with van der Waals surface area (Å²) in [5, 5.41) is 3.25. The van der Waals surface area contributed by atoms with E-state index >= 15 is 0 Å². The van der Waals surface area contributed by atoms with Crippen molar-refractivity contribution >= 4 is 21.8 Å². The van der Waals surface area contributed by atoms with Crippen LogP contribution in [-0.4, -0.2) is 18.6 Å². The molecule has 1 N–H and O–H groups in total. The summed E-state index contributed by atoms with van der Waals surface area (Å²) < 4.78 is 6.59. The predicted octanol–water partition coefficient (Wildman–Crippen LogP) is 4.55. The summed E-state index contributed by atoms with van der Waals surface area (Å²) in [6.07, 6.45) is 8.25. The first-order valence-electron chi connectivity index (χ1n) is 9.20. The molecule has 1 atom stereocenters. The van der Waals surface area contributed by atoms with Crippen LogP contribution in [0.2, 0.25) is 0 Å². The average molecular weight is 392 g/mol. The zero-order chi connectivity index (χ0) is 16.7. The number of rotatable bonds is 5. The first kappa shape index (κ1) is 16.4. The molecule has 0 radical (unpaired) electrons. The van der Waals surface area contributed by atoms with Gasteiger partial charge >= 0.3 is 0 Å². The molecule has 4 aliphatic carbocycles. The first-order valence-corrected chi connectivity index (χ1v) is 9.99. The van der Waals surface area contributed by atoms with Gasteiger partial charge in [-0.2, -0.15) is 0 Å². The van der Waals surface area contributed by atoms with Crippen molar-refractivity contribution in [2.45, 2.75) is 51.5 Å². The average Bonchev–Trinajstić information content (AvgIpc) is 2.52. The lowest BCUT2D eigenvalue weighted by atomic mass is 9.48. The zero-order valence-electron chi connectivity index (χ0n) is 14.3. The molecule has 1 amide bonds. The van der Waals surface area contributed by atoms with Crippen molar-refractivity contribution in [3.05, 3.63) is 28.7 Å². The van der Waals surface area contributed by atoms with Gasteiger partial charge in [0, 0.05) is 10.5 Å². The highest BCUT2D eigenvalue weighted by molar-refractivity contribution is 9.10. The molecule has 0 saturated heterocycles. The predicted molar refractivity (Wildman–Crippen MR) is 97.8 cm³/mol. The van der Waals surface area contributed by atoms with Crippen LogP contribution in [0.1, 0.15) is 45.4 Å². The largest absolute Gasteiger partial charge is 0.484 e. The summed E-state index contributed by atoms with van der Waals surface area (Å²) >= 11 is 3.42. The van der Waals surface area contributed by atoms with Crippen molar-refractivity contribution in [1.29, 1.82) is 0 Å². The monoisotopic (exact) mass is 391 g/mol. The minimum atomic E-state index is -0.00165. The van der Waals surface area contributed by atoms with Crippen LogP contribution >= 0.6 is 15.9 Å². The lowest BCUT2D eigenvalue weighted by Crippen LogP contribution is -2.56. The molecule has 0 spiro atoms. The molecule has 0 heterocycles. The van der Waals surface area contributed by atoms with Crippen LogP contribution in [0, 0.1) is 23.2 Å². The summed E-state index contributed by atoms with van der Waals surface area (Å²) in [5.74, 6) is 3.45. The van der Waals surface area contributed by atoms with Gasteiger partial charge in [0.05, 0.1) is 0 Å². The number of nitrogens with one attached hydrogen (secondary N) is 1. The van der Waals surface area contributed by atoms with Gasteiger partial charge in [0.25, 0.3) is 5.91 Å². The highest BCUT2D eigenvalue weighted by Crippen LogP contribution is 2.61. The summed E-state index contributed by atoms with van der Waals surface area (Å²) in [4.78, 5) is 12.4. The van der Waals surface area contributed by atoms with E-state index in [2.05, 4.69) is 28.2 Å². The lowest BCUT2D eigenvalue weighted by molar-refractivity contribution is -0.127. The molecule has 3 nitrogen and oxygen atoms in total. The molecule has 4 saturated carbocycles. The molecule has 4 fully saturated rings. The molecule has 0 aliphatic heterocycles. The van der Waals surface area contributed by atoms with Crippen LogP contribution in [0.15, 0.2) is 28.7 Å². The number of hydrogen-bond donors (Lipinski definition) is 1. The van der Waals surface area contributed by atoms with Crippen molar-refractivity contribution in [1.82, 2.24) is 5.32 Å². The summed E-state index contributed by atoms with van der Waals surface area (Å²) in [5.41, 5.74) is 0.347. The first-order chi connectivity index (χ1) is 11.5. The number of amides is 1. The second kappa shape index (κ2) is 6.36. The van der Waals surface area contributed by atoms with E-state index in [0.717, 1.165) is 28.0 Å². The maximum absolute atomic E-state index is 12.4.